The Morgan fingerprint density at radius 2 is 1.50 bits per heavy atom. The van der Waals surface area contributed by atoms with Crippen molar-refractivity contribution in [3.63, 3.8) is 0 Å². The minimum atomic E-state index is -3.65. The fourth-order valence-electron chi connectivity index (χ4n) is 2.54. The first-order valence-electron chi connectivity index (χ1n) is 8.38. The van der Waals surface area contributed by atoms with Gasteiger partial charge in [0, 0.05) is 18.2 Å². The number of hydrogen-bond acceptors (Lipinski definition) is 4. The van der Waals surface area contributed by atoms with Gasteiger partial charge < -0.3 is 0 Å². The summed E-state index contributed by atoms with van der Waals surface area (Å²) in [5.41, 5.74) is 1.16. The van der Waals surface area contributed by atoms with Crippen molar-refractivity contribution in [2.45, 2.75) is 12.3 Å². The number of nitrogens with zero attached hydrogens (tertiary/aromatic N) is 2. The van der Waals surface area contributed by atoms with Crippen molar-refractivity contribution < 1.29 is 17.2 Å². The molecular formula is C19H17F2N3O3S. The summed E-state index contributed by atoms with van der Waals surface area (Å²) in [5.74, 6) is -1.13. The first-order chi connectivity index (χ1) is 13.3. The summed E-state index contributed by atoms with van der Waals surface area (Å²) in [5, 5.41) is 4.19. The van der Waals surface area contributed by atoms with E-state index in [4.69, 9.17) is 0 Å². The number of halogens is 2. The molecule has 1 aromatic heterocycles. The molecule has 1 N–H and O–H groups in total. The molecule has 2 aromatic carbocycles. The number of benzene rings is 2. The molecule has 0 saturated carbocycles. The first-order valence-corrected chi connectivity index (χ1v) is 10.0. The largest absolute Gasteiger partial charge is 0.268 e. The van der Waals surface area contributed by atoms with E-state index in [0.29, 0.717) is 16.8 Å². The van der Waals surface area contributed by atoms with Crippen LogP contribution in [0.5, 0.6) is 0 Å². The lowest BCUT2D eigenvalue weighted by Crippen LogP contribution is -2.32. The van der Waals surface area contributed by atoms with E-state index in [1.807, 2.05) is 0 Å². The third kappa shape index (κ3) is 5.30. The van der Waals surface area contributed by atoms with Gasteiger partial charge in [0.1, 0.15) is 11.6 Å². The molecule has 6 nitrogen and oxygen atoms in total. The van der Waals surface area contributed by atoms with Gasteiger partial charge in [-0.15, -0.1) is 0 Å². The quantitative estimate of drug-likeness (QED) is 0.654. The van der Waals surface area contributed by atoms with Crippen molar-refractivity contribution in [2.75, 3.05) is 6.54 Å². The van der Waals surface area contributed by atoms with E-state index in [1.165, 1.54) is 60.7 Å². The number of hydrogen-bond donors (Lipinski definition) is 1. The topological polar surface area (TPSA) is 81.1 Å². The predicted molar refractivity (Wildman–Crippen MR) is 101 cm³/mol. The van der Waals surface area contributed by atoms with Crippen molar-refractivity contribution in [2.24, 2.45) is 0 Å². The molecule has 28 heavy (non-hydrogen) atoms. The highest BCUT2D eigenvalue weighted by Crippen LogP contribution is 2.15. The van der Waals surface area contributed by atoms with Crippen molar-refractivity contribution in [1.29, 1.82) is 0 Å². The molecule has 3 rings (SSSR count). The molecule has 0 amide bonds. The molecule has 0 bridgehead atoms. The summed E-state index contributed by atoms with van der Waals surface area (Å²) in [4.78, 5) is 12.0. The van der Waals surface area contributed by atoms with E-state index in [2.05, 4.69) is 9.82 Å². The zero-order valence-electron chi connectivity index (χ0n) is 14.7. The van der Waals surface area contributed by atoms with Crippen molar-refractivity contribution in [1.82, 2.24) is 14.5 Å². The zero-order chi connectivity index (χ0) is 20.1. The van der Waals surface area contributed by atoms with Crippen LogP contribution < -0.4 is 10.3 Å². The molecule has 0 atom stereocenters. The second-order valence-electron chi connectivity index (χ2n) is 6.07. The van der Waals surface area contributed by atoms with Crippen molar-refractivity contribution in [3.05, 3.63) is 88.2 Å². The maximum Gasteiger partial charge on any atom is 0.266 e. The van der Waals surface area contributed by atoms with E-state index < -0.39 is 15.8 Å². The highest BCUT2D eigenvalue weighted by molar-refractivity contribution is 7.88. The highest BCUT2D eigenvalue weighted by Gasteiger charge is 2.12. The fraction of sp³-hybridized carbons (Fsp3) is 0.158. The average Bonchev–Trinajstić information content (AvgIpc) is 2.65. The monoisotopic (exact) mass is 405 g/mol. The lowest BCUT2D eigenvalue weighted by Gasteiger charge is -2.09. The number of sulfonamides is 1. The molecule has 0 aliphatic heterocycles. The minimum Gasteiger partial charge on any atom is -0.268 e. The van der Waals surface area contributed by atoms with Gasteiger partial charge in [-0.25, -0.2) is 26.6 Å². The Labute approximate surface area is 160 Å². The molecule has 0 spiro atoms. The Balaban J connectivity index is 1.65. The normalized spacial score (nSPS) is 11.5. The smallest absolute Gasteiger partial charge is 0.266 e. The summed E-state index contributed by atoms with van der Waals surface area (Å²) < 4.78 is 53.7. The van der Waals surface area contributed by atoms with Crippen LogP contribution in [0.25, 0.3) is 11.3 Å². The summed E-state index contributed by atoms with van der Waals surface area (Å²) in [6, 6.07) is 13.7. The van der Waals surface area contributed by atoms with Gasteiger partial charge in [0.2, 0.25) is 10.0 Å². The molecular weight excluding hydrogens is 388 g/mol. The van der Waals surface area contributed by atoms with Gasteiger partial charge in [-0.3, -0.25) is 4.79 Å². The maximum atomic E-state index is 13.0. The van der Waals surface area contributed by atoms with Gasteiger partial charge in [-0.2, -0.15) is 5.10 Å². The molecule has 9 heteroatoms. The molecule has 0 saturated heterocycles. The molecule has 3 aromatic rings. The van der Waals surface area contributed by atoms with Gasteiger partial charge in [-0.05, 0) is 48.0 Å². The van der Waals surface area contributed by atoms with Crippen LogP contribution in [-0.2, 0) is 22.3 Å². The van der Waals surface area contributed by atoms with E-state index >= 15 is 0 Å². The summed E-state index contributed by atoms with van der Waals surface area (Å²) in [6.45, 7) is -0.0141. The van der Waals surface area contributed by atoms with Crippen LogP contribution >= 0.6 is 0 Å². The second-order valence-corrected chi connectivity index (χ2v) is 7.87. The van der Waals surface area contributed by atoms with Crippen molar-refractivity contribution in [3.8, 4) is 11.3 Å². The average molecular weight is 405 g/mol. The molecule has 1 heterocycles. The van der Waals surface area contributed by atoms with E-state index in [1.54, 1.807) is 0 Å². The Bertz CT molecular complexity index is 1110. The summed E-state index contributed by atoms with van der Waals surface area (Å²) in [7, 11) is -3.65. The summed E-state index contributed by atoms with van der Waals surface area (Å²) in [6.07, 6.45) is 0. The molecule has 0 radical (unpaired) electrons. The van der Waals surface area contributed by atoms with Crippen LogP contribution in [0.4, 0.5) is 8.78 Å². The van der Waals surface area contributed by atoms with E-state index in [9.17, 15) is 22.0 Å². The lowest BCUT2D eigenvalue weighted by molar-refractivity contribution is 0.548. The summed E-state index contributed by atoms with van der Waals surface area (Å²) >= 11 is 0. The molecule has 0 aliphatic carbocycles. The Kier molecular flexibility index (Phi) is 5.96. The Morgan fingerprint density at radius 3 is 2.14 bits per heavy atom. The van der Waals surface area contributed by atoms with Crippen LogP contribution in [0.3, 0.4) is 0 Å². The molecule has 0 aliphatic rings. The standard InChI is InChI=1S/C19H17F2N3O3S/c20-16-5-1-14(2-6-16)13-28(26,27)22-11-12-24-19(25)10-9-18(23-24)15-3-7-17(21)8-4-15/h1-10,22H,11-13H2. The first kappa shape index (κ1) is 19.8. The maximum absolute atomic E-state index is 13.0. The number of rotatable bonds is 7. The van der Waals surface area contributed by atoms with Crippen LogP contribution in [-0.4, -0.2) is 24.7 Å². The Morgan fingerprint density at radius 1 is 0.893 bits per heavy atom. The second kappa shape index (κ2) is 8.41. The van der Waals surface area contributed by atoms with Crippen molar-refractivity contribution >= 4 is 10.0 Å². The van der Waals surface area contributed by atoms with Crippen LogP contribution in [0.1, 0.15) is 5.56 Å². The zero-order valence-corrected chi connectivity index (χ0v) is 15.5. The third-order valence-corrected chi connectivity index (χ3v) is 5.28. The van der Waals surface area contributed by atoms with Crippen LogP contribution in [0.15, 0.2) is 65.5 Å². The van der Waals surface area contributed by atoms with Gasteiger partial charge in [0.15, 0.2) is 0 Å². The van der Waals surface area contributed by atoms with Gasteiger partial charge >= 0.3 is 0 Å². The number of nitrogens with one attached hydrogen (secondary N) is 1. The minimum absolute atomic E-state index is 0.0243. The number of aromatic nitrogens is 2. The fourth-order valence-corrected chi connectivity index (χ4v) is 3.68. The highest BCUT2D eigenvalue weighted by atomic mass is 32.2. The Hall–Kier alpha value is -2.91. The van der Waals surface area contributed by atoms with Gasteiger partial charge in [0.25, 0.3) is 5.56 Å². The van der Waals surface area contributed by atoms with Gasteiger partial charge in [-0.1, -0.05) is 12.1 Å². The van der Waals surface area contributed by atoms with Crippen LogP contribution in [0, 0.1) is 11.6 Å². The van der Waals surface area contributed by atoms with Gasteiger partial charge in [0.05, 0.1) is 18.0 Å². The van der Waals surface area contributed by atoms with E-state index in [0.717, 1.165) is 4.68 Å². The molecule has 0 unspecified atom stereocenters. The third-order valence-electron chi connectivity index (χ3n) is 3.92. The van der Waals surface area contributed by atoms with Crippen LogP contribution in [0.2, 0.25) is 0 Å². The van der Waals surface area contributed by atoms with E-state index in [-0.39, 0.29) is 30.2 Å². The molecule has 146 valence electrons. The lowest BCUT2D eigenvalue weighted by atomic mass is 10.1. The predicted octanol–water partition coefficient (Wildman–Crippen LogP) is 2.31. The SMILES string of the molecule is O=c1ccc(-c2ccc(F)cc2)nn1CCNS(=O)(=O)Cc1ccc(F)cc1. The molecule has 0 fully saturated rings.